The Morgan fingerprint density at radius 2 is 1.00 bits per heavy atom. The summed E-state index contributed by atoms with van der Waals surface area (Å²) in [5.74, 6) is -0.181. The van der Waals surface area contributed by atoms with Gasteiger partial charge in [-0.15, -0.1) is 0 Å². The van der Waals surface area contributed by atoms with Crippen LogP contribution in [0.4, 0.5) is 0 Å². The van der Waals surface area contributed by atoms with Crippen molar-refractivity contribution in [3.63, 3.8) is 0 Å². The van der Waals surface area contributed by atoms with Gasteiger partial charge in [-0.3, -0.25) is 4.79 Å². The first kappa shape index (κ1) is 57.9. The molecule has 1 aliphatic rings. The number of aliphatic hydroxyl groups is 5. The molecule has 6 N–H and O–H groups in total. The average molecular weight is 874 g/mol. The van der Waals surface area contributed by atoms with Gasteiger partial charge in [0.05, 0.1) is 25.4 Å². The highest BCUT2D eigenvalue weighted by Gasteiger charge is 2.44. The largest absolute Gasteiger partial charge is 0.394 e. The molecule has 1 rings (SSSR count). The second-order valence-electron chi connectivity index (χ2n) is 17.6. The molecule has 360 valence electrons. The normalized spacial score (nSPS) is 20.8. The standard InChI is InChI=1S/C53H95NO8/c1-3-5-7-9-11-13-14-15-16-17-18-19-20-21-22-23-24-25-26-27-28-29-30-31-32-33-34-35-37-39-41-43-49(57)54-46(47(56)42-40-38-36-12-10-8-6-4-2)45-61-53-52(60)51(59)50(58)48(44-55)62-53/h5,7,11,13,15-16,18-19,40,42,46-48,50-53,55-56,58-60H,3-4,6,8-10,12,14,17,20-39,41,43-45H2,1-2H3,(H,54,57)/b7-5-,13-11-,16-15-,19-18-,42-40+. The minimum Gasteiger partial charge on any atom is -0.394 e. The molecule has 0 saturated carbocycles. The lowest BCUT2D eigenvalue weighted by Crippen LogP contribution is -2.60. The van der Waals surface area contributed by atoms with Crippen LogP contribution in [0, 0.1) is 0 Å². The molecule has 62 heavy (non-hydrogen) atoms. The summed E-state index contributed by atoms with van der Waals surface area (Å²) in [6.45, 7) is 3.61. The first-order valence-electron chi connectivity index (χ1n) is 25.5. The average Bonchev–Trinajstić information content (AvgIpc) is 3.27. The summed E-state index contributed by atoms with van der Waals surface area (Å²) in [5, 5.41) is 54.0. The van der Waals surface area contributed by atoms with Gasteiger partial charge in [-0.2, -0.15) is 0 Å². The van der Waals surface area contributed by atoms with Crippen LogP contribution in [-0.4, -0.2) is 87.5 Å². The van der Waals surface area contributed by atoms with Crippen LogP contribution in [0.25, 0.3) is 0 Å². The molecule has 0 aromatic carbocycles. The maximum Gasteiger partial charge on any atom is 0.220 e. The fourth-order valence-electron chi connectivity index (χ4n) is 7.79. The minimum atomic E-state index is -1.56. The van der Waals surface area contributed by atoms with Crippen molar-refractivity contribution in [3.8, 4) is 0 Å². The summed E-state index contributed by atoms with van der Waals surface area (Å²) in [6, 6.07) is -0.802. The molecule has 1 heterocycles. The molecule has 1 amide bonds. The molecule has 0 radical (unpaired) electrons. The number of rotatable bonds is 42. The summed E-state index contributed by atoms with van der Waals surface area (Å²) in [5.41, 5.74) is 0. The molecule has 7 atom stereocenters. The fourth-order valence-corrected chi connectivity index (χ4v) is 7.79. The number of amides is 1. The lowest BCUT2D eigenvalue weighted by Gasteiger charge is -2.40. The molecule has 9 nitrogen and oxygen atoms in total. The molecule has 0 bridgehead atoms. The Bertz CT molecular complexity index is 1150. The highest BCUT2D eigenvalue weighted by atomic mass is 16.7. The van der Waals surface area contributed by atoms with E-state index in [2.05, 4.69) is 67.8 Å². The van der Waals surface area contributed by atoms with Crippen molar-refractivity contribution in [3.05, 3.63) is 60.8 Å². The van der Waals surface area contributed by atoms with Gasteiger partial charge in [-0.05, 0) is 57.8 Å². The van der Waals surface area contributed by atoms with Crippen LogP contribution in [-0.2, 0) is 14.3 Å². The van der Waals surface area contributed by atoms with Crippen LogP contribution < -0.4 is 5.32 Å². The Kier molecular flexibility index (Phi) is 40.0. The molecule has 0 aliphatic carbocycles. The highest BCUT2D eigenvalue weighted by Crippen LogP contribution is 2.23. The van der Waals surface area contributed by atoms with Gasteiger partial charge >= 0.3 is 0 Å². The Hall–Kier alpha value is -2.11. The smallest absolute Gasteiger partial charge is 0.220 e. The lowest BCUT2D eigenvalue weighted by molar-refractivity contribution is -0.302. The molecule has 0 spiro atoms. The number of hydrogen-bond donors (Lipinski definition) is 6. The highest BCUT2D eigenvalue weighted by molar-refractivity contribution is 5.76. The number of nitrogens with one attached hydrogen (secondary N) is 1. The zero-order valence-electron chi connectivity index (χ0n) is 39.6. The van der Waals surface area contributed by atoms with Gasteiger partial charge in [0.15, 0.2) is 6.29 Å². The number of allylic oxidation sites excluding steroid dienone is 9. The molecule has 1 aliphatic heterocycles. The van der Waals surface area contributed by atoms with E-state index in [1.54, 1.807) is 6.08 Å². The van der Waals surface area contributed by atoms with Crippen molar-refractivity contribution in [2.45, 2.75) is 256 Å². The van der Waals surface area contributed by atoms with Crippen LogP contribution in [0.3, 0.4) is 0 Å². The summed E-state index contributed by atoms with van der Waals surface area (Å²) >= 11 is 0. The van der Waals surface area contributed by atoms with Crippen LogP contribution in [0.5, 0.6) is 0 Å². The monoisotopic (exact) mass is 874 g/mol. The Balaban J connectivity index is 2.10. The van der Waals surface area contributed by atoms with Crippen molar-refractivity contribution in [2.24, 2.45) is 0 Å². The van der Waals surface area contributed by atoms with E-state index < -0.39 is 49.5 Å². The second-order valence-corrected chi connectivity index (χ2v) is 17.6. The molecule has 0 aromatic heterocycles. The van der Waals surface area contributed by atoms with E-state index >= 15 is 0 Å². The van der Waals surface area contributed by atoms with Crippen molar-refractivity contribution < 1.29 is 39.8 Å². The second kappa shape index (κ2) is 42.8. The Morgan fingerprint density at radius 3 is 1.48 bits per heavy atom. The molecule has 9 heteroatoms. The van der Waals surface area contributed by atoms with Crippen LogP contribution in [0.15, 0.2) is 60.8 Å². The lowest BCUT2D eigenvalue weighted by atomic mass is 9.99. The van der Waals surface area contributed by atoms with Gasteiger partial charge in [0, 0.05) is 6.42 Å². The number of unbranched alkanes of at least 4 members (excludes halogenated alkanes) is 24. The van der Waals surface area contributed by atoms with E-state index in [0.29, 0.717) is 6.42 Å². The van der Waals surface area contributed by atoms with Crippen LogP contribution >= 0.6 is 0 Å². The van der Waals surface area contributed by atoms with Gasteiger partial charge in [0.1, 0.15) is 24.4 Å². The maximum atomic E-state index is 12.9. The third-order valence-electron chi connectivity index (χ3n) is 11.8. The molecular weight excluding hydrogens is 779 g/mol. The van der Waals surface area contributed by atoms with Crippen molar-refractivity contribution in [2.75, 3.05) is 13.2 Å². The van der Waals surface area contributed by atoms with Gasteiger partial charge < -0.3 is 40.3 Å². The van der Waals surface area contributed by atoms with Crippen molar-refractivity contribution >= 4 is 5.91 Å². The summed E-state index contributed by atoms with van der Waals surface area (Å²) in [6.07, 6.45) is 50.2. The van der Waals surface area contributed by atoms with E-state index in [0.717, 1.165) is 64.2 Å². The third-order valence-corrected chi connectivity index (χ3v) is 11.8. The Morgan fingerprint density at radius 1 is 0.565 bits per heavy atom. The Labute approximate surface area is 379 Å². The van der Waals surface area contributed by atoms with E-state index in [-0.39, 0.29) is 12.5 Å². The fraction of sp³-hybridized carbons (Fsp3) is 0.792. The number of aliphatic hydroxyl groups excluding tert-OH is 5. The minimum absolute atomic E-state index is 0.181. The molecular formula is C53H95NO8. The van der Waals surface area contributed by atoms with Crippen molar-refractivity contribution in [1.29, 1.82) is 0 Å². The molecule has 1 fully saturated rings. The molecule has 1 saturated heterocycles. The predicted octanol–water partition coefficient (Wildman–Crippen LogP) is 11.6. The maximum absolute atomic E-state index is 12.9. The predicted molar refractivity (Wildman–Crippen MR) is 258 cm³/mol. The zero-order chi connectivity index (χ0) is 45.1. The third kappa shape index (κ3) is 32.5. The zero-order valence-corrected chi connectivity index (χ0v) is 39.6. The van der Waals surface area contributed by atoms with Crippen molar-refractivity contribution in [1.82, 2.24) is 5.32 Å². The quantitative estimate of drug-likeness (QED) is 0.0262. The van der Waals surface area contributed by atoms with Crippen LogP contribution in [0.1, 0.15) is 213 Å². The molecule has 0 aromatic rings. The van der Waals surface area contributed by atoms with Crippen LogP contribution in [0.2, 0.25) is 0 Å². The van der Waals surface area contributed by atoms with E-state index in [9.17, 15) is 30.3 Å². The van der Waals surface area contributed by atoms with E-state index in [1.807, 2.05) is 6.08 Å². The number of carbonyl (C=O) groups excluding carboxylic acids is 1. The van der Waals surface area contributed by atoms with Gasteiger partial charge in [0.2, 0.25) is 5.91 Å². The summed E-state index contributed by atoms with van der Waals surface area (Å²) < 4.78 is 11.2. The SMILES string of the molecule is CC/C=C\C/C=C\C/C=C\C/C=C\CCCCCCCCCCCCCCCCCCCCC(=O)NC(COC1OC(CO)C(O)C(O)C1O)C(O)/C=C/CCCCCCCC. The van der Waals surface area contributed by atoms with Gasteiger partial charge in [-0.25, -0.2) is 0 Å². The van der Waals surface area contributed by atoms with E-state index in [4.69, 9.17) is 9.47 Å². The van der Waals surface area contributed by atoms with Gasteiger partial charge in [-0.1, -0.05) is 209 Å². The number of hydrogen-bond acceptors (Lipinski definition) is 8. The summed E-state index contributed by atoms with van der Waals surface area (Å²) in [4.78, 5) is 12.9. The molecule has 7 unspecified atom stereocenters. The van der Waals surface area contributed by atoms with E-state index in [1.165, 1.54) is 128 Å². The topological polar surface area (TPSA) is 149 Å². The number of carbonyl (C=O) groups is 1. The number of ether oxygens (including phenoxy) is 2. The van der Waals surface area contributed by atoms with Gasteiger partial charge in [0.25, 0.3) is 0 Å². The summed E-state index contributed by atoms with van der Waals surface area (Å²) in [7, 11) is 0. The first-order chi connectivity index (χ1) is 30.3. The first-order valence-corrected chi connectivity index (χ1v) is 25.5.